The van der Waals surface area contributed by atoms with Gasteiger partial charge in [-0.3, -0.25) is 4.79 Å². The molecule has 2 aromatic rings. The first-order chi connectivity index (χ1) is 12.0. The fourth-order valence-corrected chi connectivity index (χ4v) is 4.58. The second-order valence-electron chi connectivity index (χ2n) is 6.78. The molecule has 1 fully saturated rings. The maximum atomic E-state index is 12.9. The molecule has 1 aliphatic carbocycles. The molecule has 1 N–H and O–H groups in total. The summed E-state index contributed by atoms with van der Waals surface area (Å²) < 4.78 is 27.1. The van der Waals surface area contributed by atoms with Crippen molar-refractivity contribution in [2.24, 2.45) is 0 Å². The number of para-hydroxylation sites is 1. The van der Waals surface area contributed by atoms with Gasteiger partial charge in [-0.2, -0.15) is 0 Å². The van der Waals surface area contributed by atoms with Crippen molar-refractivity contribution in [1.29, 1.82) is 0 Å². The molecule has 0 spiro atoms. The topological polar surface area (TPSA) is 66.5 Å². The molecule has 130 valence electrons. The smallest absolute Gasteiger partial charge is 0.258 e. The van der Waals surface area contributed by atoms with Crippen LogP contribution >= 0.6 is 0 Å². The molecule has 6 heteroatoms. The highest BCUT2D eigenvalue weighted by Gasteiger charge is 2.32. The number of nitrogens with zero attached hydrogens (tertiary/aromatic N) is 1. The van der Waals surface area contributed by atoms with Crippen molar-refractivity contribution in [3.63, 3.8) is 0 Å². The van der Waals surface area contributed by atoms with Crippen LogP contribution in [0, 0.1) is 0 Å². The van der Waals surface area contributed by atoms with Gasteiger partial charge in [-0.15, -0.1) is 0 Å². The Morgan fingerprint density at radius 2 is 1.76 bits per heavy atom. The monoisotopic (exact) mass is 356 g/mol. The molecule has 2 aliphatic rings. The van der Waals surface area contributed by atoms with Crippen LogP contribution in [0.5, 0.6) is 0 Å². The first kappa shape index (κ1) is 16.3. The van der Waals surface area contributed by atoms with Crippen molar-refractivity contribution in [2.45, 2.75) is 43.2 Å². The first-order valence-electron chi connectivity index (χ1n) is 8.49. The van der Waals surface area contributed by atoms with Gasteiger partial charge in [0.1, 0.15) is 0 Å². The third kappa shape index (κ3) is 3.07. The number of rotatable bonds is 4. The fraction of sp³-hybridized carbons (Fsp3) is 0.316. The second-order valence-corrected chi connectivity index (χ2v) is 8.49. The van der Waals surface area contributed by atoms with E-state index >= 15 is 0 Å². The van der Waals surface area contributed by atoms with Crippen molar-refractivity contribution in [3.05, 3.63) is 59.7 Å². The Hall–Kier alpha value is -2.18. The third-order valence-corrected chi connectivity index (χ3v) is 6.27. The maximum absolute atomic E-state index is 12.9. The quantitative estimate of drug-likeness (QED) is 0.916. The summed E-state index contributed by atoms with van der Waals surface area (Å²) in [5.41, 5.74) is 2.59. The Morgan fingerprint density at radius 1 is 1.08 bits per heavy atom. The lowest BCUT2D eigenvalue weighted by atomic mass is 10.1. The maximum Gasteiger partial charge on any atom is 0.258 e. The number of nitrogens with one attached hydrogen (secondary N) is 1. The molecule has 1 saturated carbocycles. The Morgan fingerprint density at radius 3 is 2.44 bits per heavy atom. The molecule has 1 unspecified atom stereocenters. The molecule has 0 bridgehead atoms. The molecule has 0 radical (unpaired) electrons. The number of fused-ring (bicyclic) bond motifs is 1. The zero-order chi connectivity index (χ0) is 17.6. The van der Waals surface area contributed by atoms with Crippen molar-refractivity contribution >= 4 is 21.6 Å². The molecule has 0 saturated heterocycles. The average molecular weight is 356 g/mol. The van der Waals surface area contributed by atoms with Crippen LogP contribution in [-0.4, -0.2) is 26.4 Å². The second kappa shape index (κ2) is 5.97. The van der Waals surface area contributed by atoms with Crippen LogP contribution in [0.15, 0.2) is 53.4 Å². The molecule has 1 aliphatic heterocycles. The van der Waals surface area contributed by atoms with Crippen LogP contribution in [0.25, 0.3) is 0 Å². The van der Waals surface area contributed by atoms with Crippen LogP contribution < -0.4 is 9.62 Å². The normalized spacial score (nSPS) is 19.7. The lowest BCUT2D eigenvalue weighted by molar-refractivity contribution is 0.0981. The van der Waals surface area contributed by atoms with E-state index in [1.165, 1.54) is 12.1 Å². The van der Waals surface area contributed by atoms with Crippen LogP contribution in [0.2, 0.25) is 0 Å². The van der Waals surface area contributed by atoms with E-state index in [1.807, 2.05) is 31.2 Å². The van der Waals surface area contributed by atoms with Gasteiger partial charge in [0, 0.05) is 23.3 Å². The van der Waals surface area contributed by atoms with E-state index in [-0.39, 0.29) is 22.9 Å². The number of anilines is 1. The van der Waals surface area contributed by atoms with Crippen LogP contribution in [-0.2, 0) is 16.4 Å². The van der Waals surface area contributed by atoms with E-state index in [2.05, 4.69) is 4.72 Å². The van der Waals surface area contributed by atoms with Crippen molar-refractivity contribution in [1.82, 2.24) is 4.72 Å². The van der Waals surface area contributed by atoms with E-state index in [0.717, 1.165) is 30.5 Å². The standard InChI is InChI=1S/C19H20N2O3S/c1-13-12-15-4-2-3-5-18(15)21(13)19(22)14-6-10-17(11-7-14)25(23,24)20-16-8-9-16/h2-7,10-11,13,16,20H,8-9,12H2,1H3. The predicted molar refractivity (Wildman–Crippen MR) is 96.2 cm³/mol. The zero-order valence-electron chi connectivity index (χ0n) is 14.0. The minimum Gasteiger partial charge on any atom is -0.305 e. The van der Waals surface area contributed by atoms with Gasteiger partial charge in [0.15, 0.2) is 0 Å². The summed E-state index contributed by atoms with van der Waals surface area (Å²) in [5.74, 6) is -0.100. The minimum atomic E-state index is -3.49. The van der Waals surface area contributed by atoms with Gasteiger partial charge in [-0.1, -0.05) is 18.2 Å². The molecule has 1 amide bonds. The summed E-state index contributed by atoms with van der Waals surface area (Å²) >= 11 is 0. The Kier molecular flexibility index (Phi) is 3.89. The van der Waals surface area contributed by atoms with E-state index < -0.39 is 10.0 Å². The number of carbonyl (C=O) groups is 1. The lowest BCUT2D eigenvalue weighted by Crippen LogP contribution is -2.35. The van der Waals surface area contributed by atoms with E-state index in [9.17, 15) is 13.2 Å². The average Bonchev–Trinajstić information content (AvgIpc) is 3.33. The highest BCUT2D eigenvalue weighted by molar-refractivity contribution is 7.89. The Bertz CT molecular complexity index is 918. The van der Waals surface area contributed by atoms with Gasteiger partial charge in [0.05, 0.1) is 4.90 Å². The van der Waals surface area contributed by atoms with Gasteiger partial charge in [0.2, 0.25) is 10.0 Å². The van der Waals surface area contributed by atoms with Crippen molar-refractivity contribution in [3.8, 4) is 0 Å². The van der Waals surface area contributed by atoms with E-state index in [4.69, 9.17) is 0 Å². The molecule has 4 rings (SSSR count). The van der Waals surface area contributed by atoms with Gasteiger partial charge in [-0.05, 0) is 62.1 Å². The molecule has 2 aromatic carbocycles. The Labute approximate surface area is 147 Å². The van der Waals surface area contributed by atoms with Crippen LogP contribution in [0.1, 0.15) is 35.7 Å². The summed E-state index contributed by atoms with van der Waals surface area (Å²) in [7, 11) is -3.49. The lowest BCUT2D eigenvalue weighted by Gasteiger charge is -2.23. The molecule has 1 heterocycles. The van der Waals surface area contributed by atoms with Gasteiger partial charge >= 0.3 is 0 Å². The van der Waals surface area contributed by atoms with Crippen molar-refractivity contribution in [2.75, 3.05) is 4.90 Å². The van der Waals surface area contributed by atoms with Crippen LogP contribution in [0.3, 0.4) is 0 Å². The molecule has 1 atom stereocenters. The Balaban J connectivity index is 1.59. The summed E-state index contributed by atoms with van der Waals surface area (Å²) in [6, 6.07) is 14.2. The third-order valence-electron chi connectivity index (χ3n) is 4.74. The van der Waals surface area contributed by atoms with Crippen molar-refractivity contribution < 1.29 is 13.2 Å². The van der Waals surface area contributed by atoms with Gasteiger partial charge < -0.3 is 4.90 Å². The molecule has 0 aromatic heterocycles. The largest absolute Gasteiger partial charge is 0.305 e. The molecule has 5 nitrogen and oxygen atoms in total. The molecule has 25 heavy (non-hydrogen) atoms. The number of benzene rings is 2. The van der Waals surface area contributed by atoms with E-state index in [1.54, 1.807) is 17.0 Å². The fourth-order valence-electron chi connectivity index (χ4n) is 3.28. The highest BCUT2D eigenvalue weighted by Crippen LogP contribution is 2.33. The summed E-state index contributed by atoms with van der Waals surface area (Å²) in [5, 5.41) is 0. The number of carbonyl (C=O) groups excluding carboxylic acids is 1. The summed E-state index contributed by atoms with van der Waals surface area (Å²) in [4.78, 5) is 14.9. The van der Waals surface area contributed by atoms with E-state index in [0.29, 0.717) is 5.56 Å². The number of hydrogen-bond acceptors (Lipinski definition) is 3. The first-order valence-corrected chi connectivity index (χ1v) is 9.98. The zero-order valence-corrected chi connectivity index (χ0v) is 14.8. The predicted octanol–water partition coefficient (Wildman–Crippen LogP) is 2.72. The molecular weight excluding hydrogens is 336 g/mol. The number of amides is 1. The molecular formula is C19H20N2O3S. The number of hydrogen-bond donors (Lipinski definition) is 1. The minimum absolute atomic E-state index is 0.0632. The SMILES string of the molecule is CC1Cc2ccccc2N1C(=O)c1ccc(S(=O)(=O)NC2CC2)cc1. The summed E-state index contributed by atoms with van der Waals surface area (Å²) in [6.45, 7) is 2.02. The summed E-state index contributed by atoms with van der Waals surface area (Å²) in [6.07, 6.45) is 2.61. The highest BCUT2D eigenvalue weighted by atomic mass is 32.2. The number of sulfonamides is 1. The van der Waals surface area contributed by atoms with Crippen LogP contribution in [0.4, 0.5) is 5.69 Å². The van der Waals surface area contributed by atoms with Gasteiger partial charge in [0.25, 0.3) is 5.91 Å². The van der Waals surface area contributed by atoms with Gasteiger partial charge in [-0.25, -0.2) is 13.1 Å².